The van der Waals surface area contributed by atoms with Crippen LogP contribution in [0.15, 0.2) is 60.0 Å². The normalized spacial score (nSPS) is 16.1. The van der Waals surface area contributed by atoms with Gasteiger partial charge in [-0.25, -0.2) is 4.98 Å². The lowest BCUT2D eigenvalue weighted by molar-refractivity contribution is -0.121. The van der Waals surface area contributed by atoms with Crippen molar-refractivity contribution in [2.75, 3.05) is 38.6 Å². The lowest BCUT2D eigenvalue weighted by Gasteiger charge is -2.37. The summed E-state index contributed by atoms with van der Waals surface area (Å²) >= 11 is 1.69. The summed E-state index contributed by atoms with van der Waals surface area (Å²) < 4.78 is 5.16. The monoisotopic (exact) mass is 436 g/mol. The minimum absolute atomic E-state index is 0.0191. The molecule has 1 amide bonds. The molecule has 2 aromatic carbocycles. The zero-order valence-corrected chi connectivity index (χ0v) is 18.8. The topological polar surface area (TPSA) is 57.7 Å². The number of methoxy groups -OCH3 is 1. The standard InChI is InChI=1S/C24H28N4O2S/c1-18(23(29)25-20-8-10-22(30-2)11-9-20)28-14-12-27(13-15-28)16-21-17-31-24(26-21)19-6-4-3-5-7-19/h3-11,17-18H,12-16H2,1-2H3,(H,25,29). The number of anilines is 1. The third-order valence-electron chi connectivity index (χ3n) is 5.65. The Kier molecular flexibility index (Phi) is 6.96. The van der Waals surface area contributed by atoms with Crippen LogP contribution in [0.25, 0.3) is 10.6 Å². The molecule has 1 aliphatic heterocycles. The van der Waals surface area contributed by atoms with Crippen molar-refractivity contribution < 1.29 is 9.53 Å². The number of hydrogen-bond donors (Lipinski definition) is 1. The van der Waals surface area contributed by atoms with Crippen molar-refractivity contribution in [2.45, 2.75) is 19.5 Å². The van der Waals surface area contributed by atoms with Crippen molar-refractivity contribution >= 4 is 22.9 Å². The first-order chi connectivity index (χ1) is 15.1. The smallest absolute Gasteiger partial charge is 0.241 e. The Bertz CT molecular complexity index is 982. The second-order valence-electron chi connectivity index (χ2n) is 7.72. The van der Waals surface area contributed by atoms with Crippen molar-refractivity contribution in [3.05, 3.63) is 65.7 Å². The number of rotatable bonds is 7. The van der Waals surface area contributed by atoms with Crippen LogP contribution < -0.4 is 10.1 Å². The van der Waals surface area contributed by atoms with E-state index in [-0.39, 0.29) is 11.9 Å². The van der Waals surface area contributed by atoms with Gasteiger partial charge in [-0.1, -0.05) is 30.3 Å². The molecule has 2 heterocycles. The van der Waals surface area contributed by atoms with Crippen LogP contribution in [0.5, 0.6) is 5.75 Å². The van der Waals surface area contributed by atoms with Crippen molar-refractivity contribution in [3.63, 3.8) is 0 Å². The molecule has 0 bridgehead atoms. The molecule has 1 atom stereocenters. The first kappa shape index (κ1) is 21.5. The summed E-state index contributed by atoms with van der Waals surface area (Å²) in [5.74, 6) is 0.795. The number of benzene rings is 2. The molecule has 6 nitrogen and oxygen atoms in total. The van der Waals surface area contributed by atoms with Crippen molar-refractivity contribution in [1.82, 2.24) is 14.8 Å². The van der Waals surface area contributed by atoms with Gasteiger partial charge < -0.3 is 10.1 Å². The molecule has 0 saturated carbocycles. The first-order valence-corrected chi connectivity index (χ1v) is 11.4. The molecule has 1 N–H and O–H groups in total. The van der Waals surface area contributed by atoms with Crippen molar-refractivity contribution in [1.29, 1.82) is 0 Å². The lowest BCUT2D eigenvalue weighted by atomic mass is 10.2. The van der Waals surface area contributed by atoms with Gasteiger partial charge in [0.25, 0.3) is 0 Å². The molecule has 0 spiro atoms. The molecular weight excluding hydrogens is 408 g/mol. The summed E-state index contributed by atoms with van der Waals surface area (Å²) in [4.78, 5) is 22.1. The van der Waals surface area contributed by atoms with Gasteiger partial charge in [-0.2, -0.15) is 0 Å². The van der Waals surface area contributed by atoms with Gasteiger partial charge in [0.1, 0.15) is 10.8 Å². The SMILES string of the molecule is COc1ccc(NC(=O)C(C)N2CCN(Cc3csc(-c4ccccc4)n3)CC2)cc1. The molecule has 1 unspecified atom stereocenters. The number of nitrogens with one attached hydrogen (secondary N) is 1. The molecule has 1 fully saturated rings. The van der Waals surface area contributed by atoms with Gasteiger partial charge in [0, 0.05) is 49.4 Å². The number of carbonyl (C=O) groups is 1. The predicted octanol–water partition coefficient (Wildman–Crippen LogP) is 3.96. The maximum atomic E-state index is 12.7. The fraction of sp³-hybridized carbons (Fsp3) is 0.333. The summed E-state index contributed by atoms with van der Waals surface area (Å²) in [6, 6.07) is 17.5. The molecule has 3 aromatic rings. The van der Waals surface area contributed by atoms with E-state index in [1.165, 1.54) is 5.56 Å². The van der Waals surface area contributed by atoms with Crippen LogP contribution in [-0.4, -0.2) is 60.0 Å². The summed E-state index contributed by atoms with van der Waals surface area (Å²) in [5, 5.41) is 6.22. The third-order valence-corrected chi connectivity index (χ3v) is 6.59. The molecule has 4 rings (SSSR count). The van der Waals surface area contributed by atoms with Crippen LogP contribution >= 0.6 is 11.3 Å². The molecular formula is C24H28N4O2S. The number of carbonyl (C=O) groups excluding carboxylic acids is 1. The second kappa shape index (κ2) is 10.0. The molecule has 1 saturated heterocycles. The summed E-state index contributed by atoms with van der Waals surface area (Å²) in [6.45, 7) is 6.42. The maximum Gasteiger partial charge on any atom is 0.241 e. The highest BCUT2D eigenvalue weighted by Crippen LogP contribution is 2.24. The van der Waals surface area contributed by atoms with E-state index in [9.17, 15) is 4.79 Å². The Balaban J connectivity index is 1.26. The number of thiazole rings is 1. The first-order valence-electron chi connectivity index (χ1n) is 10.5. The number of amides is 1. The number of hydrogen-bond acceptors (Lipinski definition) is 6. The van der Waals surface area contributed by atoms with Crippen molar-refractivity contribution in [2.24, 2.45) is 0 Å². The van der Waals surface area contributed by atoms with Crippen molar-refractivity contribution in [3.8, 4) is 16.3 Å². The highest BCUT2D eigenvalue weighted by atomic mass is 32.1. The molecule has 7 heteroatoms. The second-order valence-corrected chi connectivity index (χ2v) is 8.57. The van der Waals surface area contributed by atoms with Crippen LogP contribution in [-0.2, 0) is 11.3 Å². The van der Waals surface area contributed by atoms with Crippen LogP contribution in [0.1, 0.15) is 12.6 Å². The Morgan fingerprint density at radius 1 is 1.10 bits per heavy atom. The number of aromatic nitrogens is 1. The zero-order valence-electron chi connectivity index (χ0n) is 18.0. The largest absolute Gasteiger partial charge is 0.497 e. The van der Waals surface area contributed by atoms with Crippen LogP contribution in [0.3, 0.4) is 0 Å². The Hall–Kier alpha value is -2.74. The molecule has 162 valence electrons. The summed E-state index contributed by atoms with van der Waals surface area (Å²) in [5.41, 5.74) is 3.07. The van der Waals surface area contributed by atoms with E-state index in [2.05, 4.69) is 32.6 Å². The lowest BCUT2D eigenvalue weighted by Crippen LogP contribution is -2.52. The third kappa shape index (κ3) is 5.50. The Morgan fingerprint density at radius 3 is 2.48 bits per heavy atom. The Labute approximate surface area is 187 Å². The molecule has 0 radical (unpaired) electrons. The minimum atomic E-state index is -0.173. The van der Waals surface area contributed by atoms with Crippen LogP contribution in [0.2, 0.25) is 0 Å². The summed E-state index contributed by atoms with van der Waals surface area (Å²) in [6.07, 6.45) is 0. The number of ether oxygens (including phenoxy) is 1. The molecule has 0 aliphatic carbocycles. The number of piperazine rings is 1. The average molecular weight is 437 g/mol. The zero-order chi connectivity index (χ0) is 21.6. The fourth-order valence-electron chi connectivity index (χ4n) is 3.72. The van der Waals surface area contributed by atoms with Gasteiger partial charge in [-0.15, -0.1) is 11.3 Å². The summed E-state index contributed by atoms with van der Waals surface area (Å²) in [7, 11) is 1.63. The van der Waals surface area contributed by atoms with Crippen LogP contribution in [0.4, 0.5) is 5.69 Å². The van der Waals surface area contributed by atoms with E-state index in [0.29, 0.717) is 0 Å². The van der Waals surface area contributed by atoms with E-state index in [0.717, 1.165) is 54.9 Å². The quantitative estimate of drug-likeness (QED) is 0.608. The molecule has 1 aliphatic rings. The maximum absolute atomic E-state index is 12.7. The van der Waals surface area contributed by atoms with Gasteiger partial charge in [0.05, 0.1) is 18.8 Å². The van der Waals surface area contributed by atoms with E-state index < -0.39 is 0 Å². The van der Waals surface area contributed by atoms with E-state index >= 15 is 0 Å². The minimum Gasteiger partial charge on any atom is -0.497 e. The highest BCUT2D eigenvalue weighted by Gasteiger charge is 2.26. The van der Waals surface area contributed by atoms with Gasteiger partial charge in [0.15, 0.2) is 0 Å². The average Bonchev–Trinajstić information content (AvgIpc) is 3.28. The molecule has 31 heavy (non-hydrogen) atoms. The van der Waals surface area contributed by atoms with E-state index in [1.54, 1.807) is 18.4 Å². The van der Waals surface area contributed by atoms with Crippen LogP contribution in [0, 0.1) is 0 Å². The Morgan fingerprint density at radius 2 is 1.81 bits per heavy atom. The number of nitrogens with zero attached hydrogens (tertiary/aromatic N) is 3. The van der Waals surface area contributed by atoms with Gasteiger partial charge in [0.2, 0.25) is 5.91 Å². The fourth-order valence-corrected chi connectivity index (χ4v) is 4.53. The molecule has 1 aromatic heterocycles. The van der Waals surface area contributed by atoms with E-state index in [4.69, 9.17) is 9.72 Å². The highest BCUT2D eigenvalue weighted by molar-refractivity contribution is 7.13. The van der Waals surface area contributed by atoms with Gasteiger partial charge in [-0.3, -0.25) is 14.6 Å². The van der Waals surface area contributed by atoms with Gasteiger partial charge in [-0.05, 0) is 31.2 Å². The van der Waals surface area contributed by atoms with Gasteiger partial charge >= 0.3 is 0 Å². The van der Waals surface area contributed by atoms with E-state index in [1.807, 2.05) is 49.4 Å². The predicted molar refractivity (Wildman–Crippen MR) is 125 cm³/mol.